The molecule has 4 aromatic carbocycles. The minimum atomic E-state index is -0.751. The zero-order valence-corrected chi connectivity index (χ0v) is 27.5. The second-order valence-electron chi connectivity index (χ2n) is 12.7. The summed E-state index contributed by atoms with van der Waals surface area (Å²) in [5.41, 5.74) is 21.7. The number of hydrogen-bond donors (Lipinski definition) is 3. The van der Waals surface area contributed by atoms with Gasteiger partial charge in [-0.2, -0.15) is 0 Å². The Labute approximate surface area is 285 Å². The minimum Gasteiger partial charge on any atom is -0.457 e. The number of benzene rings is 4. The summed E-state index contributed by atoms with van der Waals surface area (Å²) in [6, 6.07) is 26.7. The number of amides is 1. The highest BCUT2D eigenvalue weighted by atomic mass is 19.1. The average Bonchev–Trinajstić information content (AvgIpc) is 3.48. The Kier molecular flexibility index (Phi) is 10.0. The second-order valence-corrected chi connectivity index (χ2v) is 12.7. The van der Waals surface area contributed by atoms with Crippen LogP contribution in [0.1, 0.15) is 72.0 Å². The van der Waals surface area contributed by atoms with Crippen LogP contribution < -0.4 is 21.9 Å². The molecule has 1 heterocycles. The molecule has 0 bridgehead atoms. The molecule has 1 aliphatic rings. The minimum absolute atomic E-state index is 0.0176. The van der Waals surface area contributed by atoms with E-state index in [-0.39, 0.29) is 23.5 Å². The molecule has 0 spiro atoms. The number of aryl methyl sites for hydroxylation is 1. The molecule has 1 atom stereocenters. The van der Waals surface area contributed by atoms with E-state index in [0.29, 0.717) is 53.5 Å². The number of aliphatic imine (C=N–C) groups is 1. The van der Waals surface area contributed by atoms with Crippen LogP contribution in [0.15, 0.2) is 96.0 Å². The maximum atomic E-state index is 13.8. The predicted molar refractivity (Wildman–Crippen MR) is 190 cm³/mol. The molecule has 0 aliphatic heterocycles. The lowest BCUT2D eigenvalue weighted by molar-refractivity contribution is -0.121. The number of primary amides is 1. The van der Waals surface area contributed by atoms with Gasteiger partial charge in [0.2, 0.25) is 5.91 Å². The molecule has 252 valence electrons. The molecule has 1 aliphatic carbocycles. The molecule has 6 rings (SSSR count). The maximum Gasteiger partial charge on any atom is 0.240 e. The first kappa shape index (κ1) is 33.4. The number of nitrogens with zero attached hydrogens (tertiary/aromatic N) is 3. The molecule has 0 saturated heterocycles. The van der Waals surface area contributed by atoms with Crippen molar-refractivity contribution in [3.05, 3.63) is 114 Å². The number of ether oxygens (including phenoxy) is 1. The van der Waals surface area contributed by atoms with Gasteiger partial charge in [-0.1, -0.05) is 42.5 Å². The van der Waals surface area contributed by atoms with Crippen molar-refractivity contribution in [3.8, 4) is 22.9 Å². The number of Topliss-reactive ketones (excluding diaryl/α,β-unsaturated/α-hetero) is 1. The molecule has 1 aromatic heterocycles. The molecule has 10 heteroatoms. The van der Waals surface area contributed by atoms with Crippen LogP contribution in [-0.2, 0) is 4.79 Å². The second kappa shape index (κ2) is 14.7. The third-order valence-corrected chi connectivity index (χ3v) is 9.40. The fourth-order valence-corrected chi connectivity index (χ4v) is 6.82. The molecule has 1 saturated carbocycles. The summed E-state index contributed by atoms with van der Waals surface area (Å²) in [5, 5.41) is 0. The molecule has 9 nitrogen and oxygen atoms in total. The summed E-state index contributed by atoms with van der Waals surface area (Å²) in [6.07, 6.45) is 4.13. The van der Waals surface area contributed by atoms with E-state index in [2.05, 4.69) is 4.99 Å². The van der Waals surface area contributed by atoms with Crippen LogP contribution in [0, 0.1) is 18.7 Å². The van der Waals surface area contributed by atoms with Crippen LogP contribution in [0.4, 0.5) is 4.39 Å². The fourth-order valence-electron chi connectivity index (χ4n) is 6.82. The van der Waals surface area contributed by atoms with Gasteiger partial charge in [-0.25, -0.2) is 9.37 Å². The highest BCUT2D eigenvalue weighted by Gasteiger charge is 2.29. The molecular weight excluding hydrogens is 619 g/mol. The number of hydrogen-bond acceptors (Lipinski definition) is 5. The molecule has 49 heavy (non-hydrogen) atoms. The summed E-state index contributed by atoms with van der Waals surface area (Å²) in [5.74, 6) is 1.37. The highest BCUT2D eigenvalue weighted by molar-refractivity contribution is 6.01. The normalized spacial score (nSPS) is 16.6. The number of aromatic nitrogens is 2. The standard InChI is InChI=1S/C39H41FN6O3/c1-24-6-2-3-10-35(24)49-31-8-4-7-29(22-31)38-45-32-23-28(17-20-33(32)46(38)34(37(41)48)9-5-21-44-39(42)43)36(47)27-13-11-25(12-14-27)26-15-18-30(40)19-16-26/h2-4,6-8,10,15-20,22-23,25,27,34H,5,9,11-14,21H2,1H3,(H2,41,48)(H4,42,43,44)/t25?,27?,34-/m0/s1. The third-order valence-electron chi connectivity index (χ3n) is 9.40. The van der Waals surface area contributed by atoms with Crippen LogP contribution >= 0.6 is 0 Å². The summed E-state index contributed by atoms with van der Waals surface area (Å²) in [6.45, 7) is 2.32. The van der Waals surface area contributed by atoms with Crippen molar-refractivity contribution in [1.82, 2.24) is 9.55 Å². The lowest BCUT2D eigenvalue weighted by Gasteiger charge is -2.28. The number of fused-ring (bicyclic) bond motifs is 1. The fraction of sp³-hybridized carbons (Fsp3) is 0.282. The third kappa shape index (κ3) is 7.64. The zero-order valence-electron chi connectivity index (χ0n) is 27.5. The number of imidazole rings is 1. The molecule has 6 N–H and O–H groups in total. The predicted octanol–water partition coefficient (Wildman–Crippen LogP) is 7.18. The Bertz CT molecular complexity index is 1990. The molecule has 0 radical (unpaired) electrons. The first-order valence-corrected chi connectivity index (χ1v) is 16.7. The van der Waals surface area contributed by atoms with Gasteiger partial charge < -0.3 is 26.5 Å². The zero-order chi connectivity index (χ0) is 34.5. The lowest BCUT2D eigenvalue weighted by atomic mass is 9.76. The van der Waals surface area contributed by atoms with Gasteiger partial charge in [0, 0.05) is 23.6 Å². The van der Waals surface area contributed by atoms with Crippen molar-refractivity contribution in [1.29, 1.82) is 0 Å². The largest absolute Gasteiger partial charge is 0.457 e. The topological polar surface area (TPSA) is 152 Å². The SMILES string of the molecule is Cc1ccccc1Oc1cccc(-c2nc3cc(C(=O)C4CCC(c5ccc(F)cc5)CC4)ccc3n2[C@@H](CCCN=C(N)N)C(N)=O)c1. The Morgan fingerprint density at radius 1 is 0.939 bits per heavy atom. The maximum absolute atomic E-state index is 13.8. The van der Waals surface area contributed by atoms with Crippen LogP contribution in [0.2, 0.25) is 0 Å². The van der Waals surface area contributed by atoms with Crippen molar-refractivity contribution in [3.63, 3.8) is 0 Å². The van der Waals surface area contributed by atoms with E-state index in [1.165, 1.54) is 12.1 Å². The van der Waals surface area contributed by atoms with Crippen LogP contribution in [0.5, 0.6) is 11.5 Å². The summed E-state index contributed by atoms with van der Waals surface area (Å²) in [4.78, 5) is 35.9. The van der Waals surface area contributed by atoms with Crippen LogP contribution in [0.3, 0.4) is 0 Å². The first-order valence-electron chi connectivity index (χ1n) is 16.7. The smallest absolute Gasteiger partial charge is 0.240 e. The Morgan fingerprint density at radius 2 is 1.69 bits per heavy atom. The summed E-state index contributed by atoms with van der Waals surface area (Å²) < 4.78 is 21.5. The van der Waals surface area contributed by atoms with Gasteiger partial charge in [-0.3, -0.25) is 14.6 Å². The molecule has 1 fully saturated rings. The van der Waals surface area contributed by atoms with E-state index in [4.69, 9.17) is 26.9 Å². The quantitative estimate of drug-likeness (QED) is 0.0558. The molecule has 1 amide bonds. The van der Waals surface area contributed by atoms with Gasteiger partial charge in [0.25, 0.3) is 0 Å². The van der Waals surface area contributed by atoms with E-state index in [9.17, 15) is 14.0 Å². The van der Waals surface area contributed by atoms with E-state index >= 15 is 0 Å². The summed E-state index contributed by atoms with van der Waals surface area (Å²) in [7, 11) is 0. The molecule has 0 unspecified atom stereocenters. The van der Waals surface area contributed by atoms with Gasteiger partial charge in [-0.15, -0.1) is 0 Å². The number of carbonyl (C=O) groups is 2. The number of para-hydroxylation sites is 1. The van der Waals surface area contributed by atoms with Crippen LogP contribution in [0.25, 0.3) is 22.4 Å². The van der Waals surface area contributed by atoms with Gasteiger partial charge >= 0.3 is 0 Å². The van der Waals surface area contributed by atoms with Crippen molar-refractivity contribution >= 4 is 28.7 Å². The van der Waals surface area contributed by atoms with Crippen molar-refractivity contribution < 1.29 is 18.7 Å². The molecule has 5 aromatic rings. The van der Waals surface area contributed by atoms with E-state index in [1.807, 2.05) is 90.4 Å². The Hall–Kier alpha value is -5.51. The van der Waals surface area contributed by atoms with E-state index in [0.717, 1.165) is 48.1 Å². The van der Waals surface area contributed by atoms with Crippen molar-refractivity contribution in [2.45, 2.75) is 57.4 Å². The monoisotopic (exact) mass is 660 g/mol. The van der Waals surface area contributed by atoms with Gasteiger partial charge in [0.1, 0.15) is 29.2 Å². The van der Waals surface area contributed by atoms with Gasteiger partial charge in [-0.05, 0) is 111 Å². The molecular formula is C39H41FN6O3. The lowest BCUT2D eigenvalue weighted by Crippen LogP contribution is -2.27. The number of carbonyl (C=O) groups excluding carboxylic acids is 2. The van der Waals surface area contributed by atoms with E-state index < -0.39 is 11.9 Å². The average molecular weight is 661 g/mol. The number of ketones is 1. The first-order chi connectivity index (χ1) is 23.7. The number of rotatable bonds is 12. The van der Waals surface area contributed by atoms with Crippen molar-refractivity contribution in [2.75, 3.05) is 6.54 Å². The number of halogens is 1. The summed E-state index contributed by atoms with van der Waals surface area (Å²) >= 11 is 0. The number of nitrogens with two attached hydrogens (primary N) is 3. The van der Waals surface area contributed by atoms with E-state index in [1.54, 1.807) is 0 Å². The number of guanidine groups is 1. The Balaban J connectivity index is 1.32. The van der Waals surface area contributed by atoms with Crippen LogP contribution in [-0.4, -0.2) is 33.7 Å². The van der Waals surface area contributed by atoms with Crippen molar-refractivity contribution in [2.24, 2.45) is 28.1 Å². The highest BCUT2D eigenvalue weighted by Crippen LogP contribution is 2.38. The van der Waals surface area contributed by atoms with Gasteiger partial charge in [0.05, 0.1) is 11.0 Å². The Morgan fingerprint density at radius 3 is 2.41 bits per heavy atom. The van der Waals surface area contributed by atoms with Gasteiger partial charge in [0.15, 0.2) is 11.7 Å².